The van der Waals surface area contributed by atoms with E-state index in [-0.39, 0.29) is 11.8 Å². The van der Waals surface area contributed by atoms with Crippen molar-refractivity contribution in [2.45, 2.75) is 18.8 Å². The average molecular weight is 354 g/mol. The first kappa shape index (κ1) is 18.9. The third-order valence-electron chi connectivity index (χ3n) is 3.91. The molecule has 3 aromatic rings. The monoisotopic (exact) mass is 354 g/mol. The number of pyridine rings is 1. The van der Waals surface area contributed by atoms with Crippen LogP contribution in [0.15, 0.2) is 48.8 Å². The maximum Gasteiger partial charge on any atom is 0.313 e. The predicted molar refractivity (Wildman–Crippen MR) is 92.6 cm³/mol. The number of carbonyl (C=O) groups excluding carboxylic acids is 1. The van der Waals surface area contributed by atoms with Crippen molar-refractivity contribution >= 4 is 22.7 Å². The standard InChI is InChI=1S/C18H15N3O4.H3N/c22-16(23)10-14(18(24)25)17-13-4-2-1-3-12(13)15(20-21-17)9-11-5-7-19-8-6-11;/h1-8,14H,9-10H2,(H,22,23)(H,24,25);1H3. The van der Waals surface area contributed by atoms with Crippen molar-refractivity contribution < 1.29 is 19.8 Å². The van der Waals surface area contributed by atoms with Gasteiger partial charge < -0.3 is 21.2 Å². The van der Waals surface area contributed by atoms with E-state index in [9.17, 15) is 19.8 Å². The number of aromatic nitrogens is 3. The second kappa shape index (κ2) is 8.13. The molecule has 2 aromatic heterocycles. The zero-order chi connectivity index (χ0) is 17.8. The molecule has 0 radical (unpaired) electrons. The number of carboxylic acids is 2. The number of hydrogen-bond donors (Lipinski definition) is 2. The second-order valence-corrected chi connectivity index (χ2v) is 5.58. The number of carbonyl (C=O) groups is 2. The van der Waals surface area contributed by atoms with Crippen LogP contribution in [0.1, 0.15) is 29.3 Å². The Kier molecular flexibility index (Phi) is 5.92. The Morgan fingerprint density at radius 1 is 1.04 bits per heavy atom. The van der Waals surface area contributed by atoms with E-state index in [1.807, 2.05) is 24.3 Å². The zero-order valence-corrected chi connectivity index (χ0v) is 14.1. The molecule has 3 rings (SSSR count). The van der Waals surface area contributed by atoms with Gasteiger partial charge in [-0.2, -0.15) is 10.2 Å². The van der Waals surface area contributed by atoms with Crippen LogP contribution in [0.5, 0.6) is 0 Å². The number of benzene rings is 1. The highest BCUT2D eigenvalue weighted by atomic mass is 16.4. The van der Waals surface area contributed by atoms with Crippen molar-refractivity contribution in [3.05, 3.63) is 65.7 Å². The van der Waals surface area contributed by atoms with Gasteiger partial charge >= 0.3 is 5.97 Å². The summed E-state index contributed by atoms with van der Waals surface area (Å²) in [4.78, 5) is 26.4. The van der Waals surface area contributed by atoms with E-state index in [0.29, 0.717) is 17.5 Å². The molecule has 0 fully saturated rings. The molecular weight excluding hydrogens is 336 g/mol. The number of rotatable bonds is 6. The first-order valence-electron chi connectivity index (χ1n) is 7.62. The largest absolute Gasteiger partial charge is 0.550 e. The van der Waals surface area contributed by atoms with Gasteiger partial charge in [0.1, 0.15) is 5.92 Å². The number of quaternary nitrogens is 1. The lowest BCUT2D eigenvalue weighted by Crippen LogP contribution is -2.28. The molecule has 0 aliphatic heterocycles. The van der Waals surface area contributed by atoms with E-state index in [2.05, 4.69) is 15.2 Å². The maximum atomic E-state index is 11.5. The number of aliphatic carboxylic acids is 2. The smallest absolute Gasteiger partial charge is 0.313 e. The second-order valence-electron chi connectivity index (χ2n) is 5.58. The summed E-state index contributed by atoms with van der Waals surface area (Å²) in [7, 11) is 0. The summed E-state index contributed by atoms with van der Waals surface area (Å²) in [6.07, 6.45) is 3.21. The first-order chi connectivity index (χ1) is 12.1. The molecule has 1 atom stereocenters. The Labute approximate surface area is 149 Å². The van der Waals surface area contributed by atoms with Crippen LogP contribution >= 0.6 is 0 Å². The number of fused-ring (bicyclic) bond motifs is 1. The van der Waals surface area contributed by atoms with Gasteiger partial charge in [-0.25, -0.2) is 0 Å². The van der Waals surface area contributed by atoms with E-state index in [0.717, 1.165) is 10.9 Å². The van der Waals surface area contributed by atoms with Crippen molar-refractivity contribution in [2.75, 3.05) is 0 Å². The van der Waals surface area contributed by atoms with Crippen molar-refractivity contribution in [1.29, 1.82) is 0 Å². The van der Waals surface area contributed by atoms with E-state index < -0.39 is 24.3 Å². The quantitative estimate of drug-likeness (QED) is 0.676. The molecule has 0 spiro atoms. The summed E-state index contributed by atoms with van der Waals surface area (Å²) in [5.41, 5.74) is 1.81. The lowest BCUT2D eigenvalue weighted by atomic mass is 9.95. The van der Waals surface area contributed by atoms with E-state index in [1.54, 1.807) is 24.5 Å². The van der Waals surface area contributed by atoms with Crippen LogP contribution in [0.25, 0.3) is 10.8 Å². The minimum Gasteiger partial charge on any atom is -0.550 e. The number of hydrogen-bond acceptors (Lipinski definition) is 6. The van der Waals surface area contributed by atoms with Gasteiger partial charge in [0.15, 0.2) is 0 Å². The SMILES string of the molecule is O=C([O-])CC(C(=O)O)c1nnc(Cc2ccncc2)c2ccccc12.[NH4+]. The van der Waals surface area contributed by atoms with Crippen molar-refractivity contribution in [1.82, 2.24) is 21.3 Å². The number of carboxylic acid groups (broad SMARTS) is 2. The van der Waals surface area contributed by atoms with Gasteiger partial charge in [-0.15, -0.1) is 0 Å². The fourth-order valence-electron chi connectivity index (χ4n) is 2.73. The van der Waals surface area contributed by atoms with Crippen LogP contribution in [0.2, 0.25) is 0 Å². The van der Waals surface area contributed by atoms with Crippen LogP contribution < -0.4 is 11.3 Å². The Morgan fingerprint density at radius 2 is 1.69 bits per heavy atom. The Hall–Kier alpha value is -3.39. The summed E-state index contributed by atoms with van der Waals surface area (Å²) >= 11 is 0. The molecule has 2 heterocycles. The minimum atomic E-state index is -1.45. The van der Waals surface area contributed by atoms with Gasteiger partial charge in [0.2, 0.25) is 0 Å². The molecule has 1 aromatic carbocycles. The molecule has 8 nitrogen and oxygen atoms in total. The third kappa shape index (κ3) is 3.98. The Morgan fingerprint density at radius 3 is 2.31 bits per heavy atom. The predicted octanol–water partition coefficient (Wildman–Crippen LogP) is 1.30. The van der Waals surface area contributed by atoms with Gasteiger partial charge in [0, 0.05) is 42.0 Å². The summed E-state index contributed by atoms with van der Waals surface area (Å²) in [6.45, 7) is 0. The van der Waals surface area contributed by atoms with E-state index in [4.69, 9.17) is 0 Å². The zero-order valence-electron chi connectivity index (χ0n) is 14.1. The fraction of sp³-hybridized carbons (Fsp3) is 0.167. The lowest BCUT2D eigenvalue weighted by molar-refractivity contribution is -0.306. The van der Waals surface area contributed by atoms with Gasteiger partial charge in [-0.05, 0) is 17.7 Å². The molecule has 0 amide bonds. The molecule has 0 saturated carbocycles. The van der Waals surface area contributed by atoms with E-state index >= 15 is 0 Å². The summed E-state index contributed by atoms with van der Waals surface area (Å²) in [6, 6.07) is 10.8. The molecule has 0 aliphatic rings. The topological polar surface area (TPSA) is 153 Å². The van der Waals surface area contributed by atoms with Crippen LogP contribution in [-0.2, 0) is 16.0 Å². The van der Waals surface area contributed by atoms with Crippen LogP contribution in [-0.4, -0.2) is 32.2 Å². The lowest BCUT2D eigenvalue weighted by Gasteiger charge is -2.15. The van der Waals surface area contributed by atoms with Gasteiger partial charge in [0.05, 0.1) is 11.4 Å². The van der Waals surface area contributed by atoms with Crippen LogP contribution in [0, 0.1) is 0 Å². The van der Waals surface area contributed by atoms with Crippen molar-refractivity contribution in [3.8, 4) is 0 Å². The molecule has 1 unspecified atom stereocenters. The Bertz CT molecular complexity index is 931. The molecular formula is C18H18N4O4. The highest BCUT2D eigenvalue weighted by Crippen LogP contribution is 2.28. The van der Waals surface area contributed by atoms with E-state index in [1.165, 1.54) is 0 Å². The van der Waals surface area contributed by atoms with Gasteiger partial charge in [-0.3, -0.25) is 9.78 Å². The van der Waals surface area contributed by atoms with Gasteiger partial charge in [-0.1, -0.05) is 24.3 Å². The molecule has 8 heteroatoms. The first-order valence-corrected chi connectivity index (χ1v) is 7.62. The third-order valence-corrected chi connectivity index (χ3v) is 3.91. The molecule has 26 heavy (non-hydrogen) atoms. The molecule has 5 N–H and O–H groups in total. The summed E-state index contributed by atoms with van der Waals surface area (Å²) in [5, 5.41) is 29.8. The van der Waals surface area contributed by atoms with Crippen molar-refractivity contribution in [3.63, 3.8) is 0 Å². The number of nitrogens with zero attached hydrogens (tertiary/aromatic N) is 3. The van der Waals surface area contributed by atoms with Gasteiger partial charge in [0.25, 0.3) is 0 Å². The normalized spacial score (nSPS) is 11.5. The maximum absolute atomic E-state index is 11.5. The highest BCUT2D eigenvalue weighted by molar-refractivity contribution is 5.92. The van der Waals surface area contributed by atoms with Crippen LogP contribution in [0.4, 0.5) is 0 Å². The summed E-state index contributed by atoms with van der Waals surface area (Å²) < 4.78 is 0. The Balaban J connectivity index is 0.00000243. The fourth-order valence-corrected chi connectivity index (χ4v) is 2.73. The molecule has 0 bridgehead atoms. The summed E-state index contributed by atoms with van der Waals surface area (Å²) in [5.74, 6) is -4.03. The average Bonchev–Trinajstić information content (AvgIpc) is 2.61. The van der Waals surface area contributed by atoms with Crippen molar-refractivity contribution in [2.24, 2.45) is 0 Å². The highest BCUT2D eigenvalue weighted by Gasteiger charge is 2.25. The minimum absolute atomic E-state index is 0. The van der Waals surface area contributed by atoms with Crippen LogP contribution in [0.3, 0.4) is 0 Å². The molecule has 134 valence electrons. The molecule has 0 aliphatic carbocycles. The molecule has 0 saturated heterocycles.